The number of esters is 1. The number of hydrogen-bond acceptors (Lipinski definition) is 5. The van der Waals surface area contributed by atoms with E-state index in [9.17, 15) is 9.59 Å². The minimum Gasteiger partial charge on any atom is -0.479 e. The Hall–Kier alpha value is -2.50. The molecule has 3 N–H and O–H groups in total. The van der Waals surface area contributed by atoms with Crippen molar-refractivity contribution in [2.45, 2.75) is 0 Å². The first-order valence-electron chi connectivity index (χ1n) is 4.74. The van der Waals surface area contributed by atoms with Crippen LogP contribution in [-0.2, 0) is 9.53 Å². The molecule has 0 bridgehead atoms. The lowest BCUT2D eigenvalue weighted by atomic mass is 10.2. The summed E-state index contributed by atoms with van der Waals surface area (Å²) in [6.45, 7) is -0.696. The Morgan fingerprint density at radius 2 is 2.12 bits per heavy atom. The lowest BCUT2D eigenvalue weighted by Crippen LogP contribution is -2.12. The number of nitrogen functional groups attached to an aromatic ring is 1. The predicted molar refractivity (Wildman–Crippen MR) is 58.5 cm³/mol. The predicted octanol–water partition coefficient (Wildman–Crippen LogP) is 1.26. The molecule has 0 fully saturated rings. The van der Waals surface area contributed by atoms with Gasteiger partial charge in [0.2, 0.25) is 5.76 Å². The molecular formula is C11H9NO5. The van der Waals surface area contributed by atoms with Gasteiger partial charge in [-0.2, -0.15) is 0 Å². The van der Waals surface area contributed by atoms with Gasteiger partial charge in [-0.1, -0.05) is 0 Å². The second kappa shape index (κ2) is 4.17. The van der Waals surface area contributed by atoms with Crippen LogP contribution in [0.5, 0.6) is 0 Å². The molecule has 0 aliphatic heterocycles. The SMILES string of the molecule is Nc1ccc2oc(C(=O)OCC(=O)O)cc2c1. The summed E-state index contributed by atoms with van der Waals surface area (Å²) in [6.07, 6.45) is 0. The fraction of sp³-hybridized carbons (Fsp3) is 0.0909. The molecule has 0 amide bonds. The Kier molecular flexibility index (Phi) is 2.70. The highest BCUT2D eigenvalue weighted by atomic mass is 16.6. The Morgan fingerprint density at radius 1 is 1.35 bits per heavy atom. The summed E-state index contributed by atoms with van der Waals surface area (Å²) in [5, 5.41) is 9.02. The number of hydrogen-bond donors (Lipinski definition) is 2. The van der Waals surface area contributed by atoms with Crippen LogP contribution in [0.1, 0.15) is 10.6 Å². The van der Waals surface area contributed by atoms with Crippen LogP contribution in [-0.4, -0.2) is 23.7 Å². The van der Waals surface area contributed by atoms with Crippen molar-refractivity contribution in [3.8, 4) is 0 Å². The van der Waals surface area contributed by atoms with Gasteiger partial charge >= 0.3 is 11.9 Å². The number of nitrogens with two attached hydrogens (primary N) is 1. The van der Waals surface area contributed by atoms with Gasteiger partial charge in [-0.15, -0.1) is 0 Å². The van der Waals surface area contributed by atoms with Crippen LogP contribution in [0.3, 0.4) is 0 Å². The van der Waals surface area contributed by atoms with E-state index in [1.54, 1.807) is 18.2 Å². The average Bonchev–Trinajstić information content (AvgIpc) is 2.68. The van der Waals surface area contributed by atoms with Crippen molar-refractivity contribution >= 4 is 28.6 Å². The number of carboxylic acid groups (broad SMARTS) is 1. The van der Waals surface area contributed by atoms with Crippen molar-refractivity contribution in [2.75, 3.05) is 12.3 Å². The first kappa shape index (κ1) is 11.0. The molecule has 6 heteroatoms. The number of anilines is 1. The molecule has 0 aliphatic rings. The third-order valence-corrected chi connectivity index (χ3v) is 2.07. The lowest BCUT2D eigenvalue weighted by molar-refractivity contribution is -0.140. The van der Waals surface area contributed by atoms with E-state index in [-0.39, 0.29) is 5.76 Å². The van der Waals surface area contributed by atoms with Crippen molar-refractivity contribution in [3.05, 3.63) is 30.0 Å². The Balaban J connectivity index is 2.24. The number of benzene rings is 1. The van der Waals surface area contributed by atoms with Crippen LogP contribution in [0.2, 0.25) is 0 Å². The molecule has 2 rings (SSSR count). The van der Waals surface area contributed by atoms with Crippen LogP contribution in [0.4, 0.5) is 5.69 Å². The van der Waals surface area contributed by atoms with Gasteiger partial charge < -0.3 is 20.0 Å². The molecule has 0 unspecified atom stereocenters. The van der Waals surface area contributed by atoms with Crippen LogP contribution in [0.25, 0.3) is 11.0 Å². The summed E-state index contributed by atoms with van der Waals surface area (Å²) >= 11 is 0. The third-order valence-electron chi connectivity index (χ3n) is 2.07. The summed E-state index contributed by atoms with van der Waals surface area (Å²) in [4.78, 5) is 21.6. The fourth-order valence-corrected chi connectivity index (χ4v) is 1.36. The van der Waals surface area contributed by atoms with Crippen molar-refractivity contribution in [2.24, 2.45) is 0 Å². The number of carbonyl (C=O) groups excluding carboxylic acids is 1. The molecule has 2 aromatic rings. The standard InChI is InChI=1S/C11H9NO5/c12-7-1-2-8-6(3-7)4-9(17-8)11(15)16-5-10(13)14/h1-4H,5,12H2,(H,13,14). The molecule has 0 atom stereocenters. The maximum atomic E-state index is 11.4. The van der Waals surface area contributed by atoms with E-state index >= 15 is 0 Å². The molecular weight excluding hydrogens is 226 g/mol. The first-order valence-corrected chi connectivity index (χ1v) is 4.74. The monoisotopic (exact) mass is 235 g/mol. The summed E-state index contributed by atoms with van der Waals surface area (Å²) in [7, 11) is 0. The molecule has 0 saturated carbocycles. The number of ether oxygens (including phenoxy) is 1. The topological polar surface area (TPSA) is 103 Å². The van der Waals surface area contributed by atoms with Gasteiger partial charge in [0.05, 0.1) is 0 Å². The largest absolute Gasteiger partial charge is 0.479 e. The molecule has 0 aliphatic carbocycles. The Labute approximate surface area is 95.6 Å². The second-order valence-corrected chi connectivity index (χ2v) is 3.38. The van der Waals surface area contributed by atoms with Crippen LogP contribution in [0.15, 0.2) is 28.7 Å². The minimum absolute atomic E-state index is 0.0492. The Bertz CT molecular complexity index is 587. The number of carboxylic acids is 1. The van der Waals surface area contributed by atoms with Crippen molar-refractivity contribution < 1.29 is 23.8 Å². The quantitative estimate of drug-likeness (QED) is 0.613. The normalized spacial score (nSPS) is 10.4. The molecule has 0 saturated heterocycles. The van der Waals surface area contributed by atoms with E-state index in [1.807, 2.05) is 0 Å². The van der Waals surface area contributed by atoms with E-state index in [1.165, 1.54) is 6.07 Å². The van der Waals surface area contributed by atoms with Gasteiger partial charge in [0, 0.05) is 11.1 Å². The van der Waals surface area contributed by atoms with Gasteiger partial charge in [0.25, 0.3) is 0 Å². The number of fused-ring (bicyclic) bond motifs is 1. The zero-order chi connectivity index (χ0) is 12.4. The molecule has 0 radical (unpaired) electrons. The molecule has 88 valence electrons. The molecule has 1 heterocycles. The van der Waals surface area contributed by atoms with Gasteiger partial charge in [0.1, 0.15) is 5.58 Å². The van der Waals surface area contributed by atoms with Crippen LogP contribution < -0.4 is 5.73 Å². The van der Waals surface area contributed by atoms with Gasteiger partial charge in [0.15, 0.2) is 6.61 Å². The molecule has 17 heavy (non-hydrogen) atoms. The number of aliphatic carboxylic acids is 1. The van der Waals surface area contributed by atoms with E-state index in [0.29, 0.717) is 16.7 Å². The van der Waals surface area contributed by atoms with E-state index < -0.39 is 18.5 Å². The summed E-state index contributed by atoms with van der Waals surface area (Å²) in [5.41, 5.74) is 6.60. The van der Waals surface area contributed by atoms with Gasteiger partial charge in [-0.05, 0) is 24.3 Å². The van der Waals surface area contributed by atoms with Gasteiger partial charge in [-0.3, -0.25) is 0 Å². The number of carbonyl (C=O) groups is 2. The summed E-state index contributed by atoms with van der Waals surface area (Å²) in [5.74, 6) is -2.09. The highest BCUT2D eigenvalue weighted by Crippen LogP contribution is 2.22. The second-order valence-electron chi connectivity index (χ2n) is 3.38. The van der Waals surface area contributed by atoms with E-state index in [0.717, 1.165) is 0 Å². The maximum Gasteiger partial charge on any atom is 0.374 e. The number of furan rings is 1. The first-order chi connectivity index (χ1) is 8.06. The van der Waals surface area contributed by atoms with Gasteiger partial charge in [-0.25, -0.2) is 9.59 Å². The smallest absolute Gasteiger partial charge is 0.374 e. The summed E-state index contributed by atoms with van der Waals surface area (Å²) in [6, 6.07) is 6.36. The maximum absolute atomic E-state index is 11.4. The van der Waals surface area contributed by atoms with Crippen molar-refractivity contribution in [1.82, 2.24) is 0 Å². The zero-order valence-corrected chi connectivity index (χ0v) is 8.67. The zero-order valence-electron chi connectivity index (χ0n) is 8.67. The highest BCUT2D eigenvalue weighted by Gasteiger charge is 2.14. The third kappa shape index (κ3) is 2.36. The van der Waals surface area contributed by atoms with E-state index in [2.05, 4.69) is 4.74 Å². The number of rotatable bonds is 3. The molecule has 0 spiro atoms. The van der Waals surface area contributed by atoms with Crippen molar-refractivity contribution in [1.29, 1.82) is 0 Å². The van der Waals surface area contributed by atoms with E-state index in [4.69, 9.17) is 15.3 Å². The highest BCUT2D eigenvalue weighted by molar-refractivity contribution is 5.94. The molecule has 1 aromatic carbocycles. The average molecular weight is 235 g/mol. The van der Waals surface area contributed by atoms with Crippen LogP contribution in [0, 0.1) is 0 Å². The fourth-order valence-electron chi connectivity index (χ4n) is 1.36. The van der Waals surface area contributed by atoms with Crippen LogP contribution >= 0.6 is 0 Å². The molecule has 1 aromatic heterocycles. The summed E-state index contributed by atoms with van der Waals surface area (Å²) < 4.78 is 9.68. The minimum atomic E-state index is -1.22. The lowest BCUT2D eigenvalue weighted by Gasteiger charge is -1.96. The van der Waals surface area contributed by atoms with Crippen molar-refractivity contribution in [3.63, 3.8) is 0 Å². The molecule has 6 nitrogen and oxygen atoms in total. The Morgan fingerprint density at radius 3 is 2.82 bits per heavy atom.